The first-order valence-corrected chi connectivity index (χ1v) is 7.80. The second-order valence-electron chi connectivity index (χ2n) is 5.98. The summed E-state index contributed by atoms with van der Waals surface area (Å²) in [5.41, 5.74) is 0.745. The lowest BCUT2D eigenvalue weighted by molar-refractivity contribution is -0.142. The standard InChI is InChI=1S/C18H25NO5/c1-11(2)17(18(21)22)19-16(20)9-7-13-6-8-14(24-12(3)4)15(10-13)23-5/h6-12,17H,1-5H3,(H,19,20)(H,21,22)/b9-7+/t17-/m0/s1. The minimum Gasteiger partial charge on any atom is -0.493 e. The Morgan fingerprint density at radius 3 is 2.33 bits per heavy atom. The van der Waals surface area contributed by atoms with Crippen LogP contribution < -0.4 is 14.8 Å². The fourth-order valence-corrected chi connectivity index (χ4v) is 2.03. The number of carboxylic acid groups (broad SMARTS) is 1. The van der Waals surface area contributed by atoms with E-state index in [0.717, 1.165) is 5.56 Å². The first kappa shape index (κ1) is 19.5. The van der Waals surface area contributed by atoms with Crippen LogP contribution in [0.1, 0.15) is 33.3 Å². The largest absolute Gasteiger partial charge is 0.493 e. The van der Waals surface area contributed by atoms with Gasteiger partial charge in [-0.15, -0.1) is 0 Å². The van der Waals surface area contributed by atoms with Gasteiger partial charge in [0, 0.05) is 6.08 Å². The van der Waals surface area contributed by atoms with Gasteiger partial charge in [-0.1, -0.05) is 19.9 Å². The molecule has 0 aliphatic rings. The predicted octanol–water partition coefficient (Wildman–Crippen LogP) is 2.72. The number of rotatable bonds is 8. The van der Waals surface area contributed by atoms with Gasteiger partial charge in [-0.25, -0.2) is 4.79 Å². The van der Waals surface area contributed by atoms with E-state index in [9.17, 15) is 9.59 Å². The SMILES string of the molecule is COc1cc(/C=C/C(=O)N[C@H](C(=O)O)C(C)C)ccc1OC(C)C. The van der Waals surface area contributed by atoms with E-state index >= 15 is 0 Å². The number of benzene rings is 1. The van der Waals surface area contributed by atoms with Crippen LogP contribution in [0.15, 0.2) is 24.3 Å². The summed E-state index contributed by atoms with van der Waals surface area (Å²) in [4.78, 5) is 23.0. The van der Waals surface area contributed by atoms with Crippen molar-refractivity contribution in [2.75, 3.05) is 7.11 Å². The lowest BCUT2D eigenvalue weighted by Crippen LogP contribution is -2.43. The molecule has 0 saturated carbocycles. The molecule has 24 heavy (non-hydrogen) atoms. The maximum atomic E-state index is 11.9. The molecule has 0 aliphatic heterocycles. The van der Waals surface area contributed by atoms with Crippen LogP contribution in [0.25, 0.3) is 6.08 Å². The molecule has 132 valence electrons. The highest BCUT2D eigenvalue weighted by atomic mass is 16.5. The average Bonchev–Trinajstić information content (AvgIpc) is 2.50. The number of ether oxygens (including phenoxy) is 2. The third-order valence-corrected chi connectivity index (χ3v) is 3.21. The molecule has 0 aromatic heterocycles. The zero-order valence-electron chi connectivity index (χ0n) is 14.7. The van der Waals surface area contributed by atoms with E-state index in [-0.39, 0.29) is 12.0 Å². The lowest BCUT2D eigenvalue weighted by atomic mass is 10.0. The molecule has 6 heteroatoms. The van der Waals surface area contributed by atoms with Gasteiger partial charge in [-0.3, -0.25) is 4.79 Å². The van der Waals surface area contributed by atoms with Gasteiger partial charge in [-0.05, 0) is 43.5 Å². The molecular weight excluding hydrogens is 310 g/mol. The van der Waals surface area contributed by atoms with Crippen LogP contribution in [0, 0.1) is 5.92 Å². The third-order valence-electron chi connectivity index (χ3n) is 3.21. The molecule has 1 amide bonds. The smallest absolute Gasteiger partial charge is 0.326 e. The van der Waals surface area contributed by atoms with Gasteiger partial charge >= 0.3 is 5.97 Å². The van der Waals surface area contributed by atoms with E-state index in [1.165, 1.54) is 6.08 Å². The van der Waals surface area contributed by atoms with Crippen molar-refractivity contribution in [1.82, 2.24) is 5.32 Å². The Kier molecular flexibility index (Phi) is 7.30. The minimum atomic E-state index is -1.05. The molecule has 6 nitrogen and oxygen atoms in total. The second-order valence-corrected chi connectivity index (χ2v) is 5.98. The Bertz CT molecular complexity index is 607. The van der Waals surface area contributed by atoms with Crippen LogP contribution in [-0.2, 0) is 9.59 Å². The number of aliphatic carboxylic acids is 1. The van der Waals surface area contributed by atoms with E-state index in [1.54, 1.807) is 45.2 Å². The second kappa shape index (κ2) is 8.96. The molecule has 0 heterocycles. The van der Waals surface area contributed by atoms with Crippen LogP contribution in [0.5, 0.6) is 11.5 Å². The van der Waals surface area contributed by atoms with Gasteiger partial charge in [0.1, 0.15) is 6.04 Å². The molecule has 0 fully saturated rings. The number of carboxylic acids is 1. The minimum absolute atomic E-state index is 0.0232. The van der Waals surface area contributed by atoms with E-state index in [0.29, 0.717) is 11.5 Å². The fraction of sp³-hybridized carbons (Fsp3) is 0.444. The first-order chi connectivity index (χ1) is 11.2. The Morgan fingerprint density at radius 2 is 1.83 bits per heavy atom. The highest BCUT2D eigenvalue weighted by Crippen LogP contribution is 2.29. The quantitative estimate of drug-likeness (QED) is 0.714. The summed E-state index contributed by atoms with van der Waals surface area (Å²) < 4.78 is 10.9. The van der Waals surface area contributed by atoms with E-state index in [4.69, 9.17) is 14.6 Å². The molecule has 2 N–H and O–H groups in total. The monoisotopic (exact) mass is 335 g/mol. The Balaban J connectivity index is 2.82. The molecule has 0 aliphatic carbocycles. The van der Waals surface area contributed by atoms with E-state index < -0.39 is 17.9 Å². The van der Waals surface area contributed by atoms with E-state index in [2.05, 4.69) is 5.32 Å². The maximum absolute atomic E-state index is 11.9. The summed E-state index contributed by atoms with van der Waals surface area (Å²) in [7, 11) is 1.54. The predicted molar refractivity (Wildman–Crippen MR) is 92.2 cm³/mol. The van der Waals surface area contributed by atoms with Crippen molar-refractivity contribution in [1.29, 1.82) is 0 Å². The molecule has 1 aromatic rings. The van der Waals surface area contributed by atoms with Gasteiger partial charge < -0.3 is 19.9 Å². The van der Waals surface area contributed by atoms with Crippen LogP contribution in [0.2, 0.25) is 0 Å². The molecule has 0 bridgehead atoms. The number of hydrogen-bond acceptors (Lipinski definition) is 4. The molecule has 1 aromatic carbocycles. The van der Waals surface area contributed by atoms with Crippen LogP contribution >= 0.6 is 0 Å². The van der Waals surface area contributed by atoms with Crippen molar-refractivity contribution >= 4 is 18.0 Å². The molecule has 0 unspecified atom stereocenters. The van der Waals surface area contributed by atoms with Crippen LogP contribution in [-0.4, -0.2) is 36.2 Å². The lowest BCUT2D eigenvalue weighted by Gasteiger charge is -2.16. The highest BCUT2D eigenvalue weighted by molar-refractivity contribution is 5.94. The fourth-order valence-electron chi connectivity index (χ4n) is 2.03. The van der Waals surface area contributed by atoms with Gasteiger partial charge in [0.15, 0.2) is 11.5 Å². The first-order valence-electron chi connectivity index (χ1n) is 7.80. The van der Waals surface area contributed by atoms with Gasteiger partial charge in [0.2, 0.25) is 5.91 Å². The summed E-state index contributed by atoms with van der Waals surface area (Å²) in [6.07, 6.45) is 2.92. The molecule has 0 spiro atoms. The zero-order valence-corrected chi connectivity index (χ0v) is 14.7. The number of carbonyl (C=O) groups is 2. The number of hydrogen-bond donors (Lipinski definition) is 2. The van der Waals surface area contributed by atoms with Crippen molar-refractivity contribution in [3.8, 4) is 11.5 Å². The number of nitrogens with one attached hydrogen (secondary N) is 1. The van der Waals surface area contributed by atoms with Crippen LogP contribution in [0.3, 0.4) is 0 Å². The molecular formula is C18H25NO5. The molecule has 1 atom stereocenters. The Hall–Kier alpha value is -2.50. The normalized spacial score (nSPS) is 12.5. The molecule has 0 saturated heterocycles. The Morgan fingerprint density at radius 1 is 1.17 bits per heavy atom. The number of amides is 1. The molecule has 1 rings (SSSR count). The molecule has 0 radical (unpaired) electrons. The van der Waals surface area contributed by atoms with Gasteiger partial charge in [0.25, 0.3) is 0 Å². The van der Waals surface area contributed by atoms with Gasteiger partial charge in [-0.2, -0.15) is 0 Å². The van der Waals surface area contributed by atoms with E-state index in [1.807, 2.05) is 13.8 Å². The highest BCUT2D eigenvalue weighted by Gasteiger charge is 2.22. The topological polar surface area (TPSA) is 84.9 Å². The van der Waals surface area contributed by atoms with Gasteiger partial charge in [0.05, 0.1) is 13.2 Å². The maximum Gasteiger partial charge on any atom is 0.326 e. The number of carbonyl (C=O) groups excluding carboxylic acids is 1. The van der Waals surface area contributed by atoms with Crippen molar-refractivity contribution < 1.29 is 24.2 Å². The average molecular weight is 335 g/mol. The summed E-state index contributed by atoms with van der Waals surface area (Å²) in [5.74, 6) is -0.523. The summed E-state index contributed by atoms with van der Waals surface area (Å²) in [6, 6.07) is 4.39. The van der Waals surface area contributed by atoms with Crippen molar-refractivity contribution in [2.45, 2.75) is 39.8 Å². The van der Waals surface area contributed by atoms with Crippen molar-refractivity contribution in [2.24, 2.45) is 5.92 Å². The number of methoxy groups -OCH3 is 1. The summed E-state index contributed by atoms with van der Waals surface area (Å²) >= 11 is 0. The van der Waals surface area contributed by atoms with Crippen molar-refractivity contribution in [3.63, 3.8) is 0 Å². The summed E-state index contributed by atoms with van der Waals surface area (Å²) in [6.45, 7) is 7.32. The van der Waals surface area contributed by atoms with Crippen molar-refractivity contribution in [3.05, 3.63) is 29.8 Å². The zero-order chi connectivity index (χ0) is 18.3. The van der Waals surface area contributed by atoms with Crippen LogP contribution in [0.4, 0.5) is 0 Å². The Labute approximate surface area is 142 Å². The summed E-state index contributed by atoms with van der Waals surface area (Å²) in [5, 5.41) is 11.6. The third kappa shape index (κ3) is 5.95.